The van der Waals surface area contributed by atoms with Gasteiger partial charge < -0.3 is 25.2 Å². The molecule has 3 atom stereocenters. The van der Waals surface area contributed by atoms with Crippen molar-refractivity contribution in [1.29, 1.82) is 0 Å². The number of ether oxygens (including phenoxy) is 2. The van der Waals surface area contributed by atoms with Gasteiger partial charge in [-0.1, -0.05) is 61.9 Å². The van der Waals surface area contributed by atoms with E-state index in [9.17, 15) is 19.5 Å². The van der Waals surface area contributed by atoms with E-state index in [-0.39, 0.29) is 18.9 Å². The zero-order valence-corrected chi connectivity index (χ0v) is 19.0. The van der Waals surface area contributed by atoms with Crippen LogP contribution in [0.5, 0.6) is 0 Å². The lowest BCUT2D eigenvalue weighted by Crippen LogP contribution is -2.56. The molecule has 0 bridgehead atoms. The van der Waals surface area contributed by atoms with Crippen LogP contribution < -0.4 is 10.6 Å². The van der Waals surface area contributed by atoms with Crippen LogP contribution in [-0.2, 0) is 19.1 Å². The number of hydrogen-bond donors (Lipinski definition) is 3. The largest absolute Gasteiger partial charge is 0.480 e. The Morgan fingerprint density at radius 1 is 1.00 bits per heavy atom. The standard InChI is InChI=1S/C25H30N2O6/c1-4-9-21(24(29)30)26-23(28)22(15(2)32-3)27-25(31)33-14-20-18-12-7-5-10-16(18)17-11-6-8-13-19(17)20/h5-8,10-13,15,20-22H,4,9,14H2,1-3H3,(H,26,28)(H,27,31)(H,29,30)/t15?,21-,22?/m1/s1. The lowest BCUT2D eigenvalue weighted by atomic mass is 9.98. The second-order valence-corrected chi connectivity index (χ2v) is 8.08. The highest BCUT2D eigenvalue weighted by Gasteiger charge is 2.32. The highest BCUT2D eigenvalue weighted by atomic mass is 16.5. The summed E-state index contributed by atoms with van der Waals surface area (Å²) in [6, 6.07) is 13.8. The smallest absolute Gasteiger partial charge is 0.407 e. The van der Waals surface area contributed by atoms with Crippen molar-refractivity contribution in [1.82, 2.24) is 10.6 Å². The minimum Gasteiger partial charge on any atom is -0.480 e. The van der Waals surface area contributed by atoms with E-state index in [1.165, 1.54) is 7.11 Å². The molecule has 33 heavy (non-hydrogen) atoms. The van der Waals surface area contributed by atoms with Crippen LogP contribution in [0.2, 0.25) is 0 Å². The number of carbonyl (C=O) groups is 3. The number of alkyl carbamates (subject to hydrolysis) is 1. The van der Waals surface area contributed by atoms with Gasteiger partial charge in [0.1, 0.15) is 18.7 Å². The predicted molar refractivity (Wildman–Crippen MR) is 123 cm³/mol. The van der Waals surface area contributed by atoms with Crippen molar-refractivity contribution in [3.8, 4) is 11.1 Å². The van der Waals surface area contributed by atoms with Crippen molar-refractivity contribution in [2.45, 2.75) is 50.8 Å². The summed E-state index contributed by atoms with van der Waals surface area (Å²) >= 11 is 0. The van der Waals surface area contributed by atoms with Crippen LogP contribution in [0.15, 0.2) is 48.5 Å². The van der Waals surface area contributed by atoms with E-state index in [1.54, 1.807) is 6.92 Å². The molecule has 0 radical (unpaired) electrons. The summed E-state index contributed by atoms with van der Waals surface area (Å²) in [6.45, 7) is 3.54. The Kier molecular flexibility index (Phi) is 8.06. The fraction of sp³-hybridized carbons (Fsp3) is 0.400. The summed E-state index contributed by atoms with van der Waals surface area (Å²) in [5, 5.41) is 14.3. The van der Waals surface area contributed by atoms with Gasteiger partial charge in [-0.25, -0.2) is 9.59 Å². The Bertz CT molecular complexity index is 962. The van der Waals surface area contributed by atoms with E-state index < -0.39 is 36.2 Å². The molecule has 3 N–H and O–H groups in total. The normalized spacial score (nSPS) is 15.0. The minimum atomic E-state index is -1.13. The number of fused-ring (bicyclic) bond motifs is 3. The third kappa shape index (κ3) is 5.51. The van der Waals surface area contributed by atoms with Crippen LogP contribution in [0.4, 0.5) is 4.79 Å². The SMILES string of the molecule is CCC[C@@H](NC(=O)C(NC(=O)OCC1c2ccccc2-c2ccccc21)C(C)OC)C(=O)O. The molecule has 2 unspecified atom stereocenters. The minimum absolute atomic E-state index is 0.100. The van der Waals surface area contributed by atoms with Gasteiger partial charge >= 0.3 is 12.1 Å². The van der Waals surface area contributed by atoms with Crippen molar-refractivity contribution in [2.75, 3.05) is 13.7 Å². The first kappa shape index (κ1) is 24.3. The summed E-state index contributed by atoms with van der Waals surface area (Å²) in [4.78, 5) is 36.8. The number of methoxy groups -OCH3 is 1. The van der Waals surface area contributed by atoms with E-state index in [4.69, 9.17) is 9.47 Å². The summed E-state index contributed by atoms with van der Waals surface area (Å²) < 4.78 is 10.7. The maximum absolute atomic E-state index is 12.7. The summed E-state index contributed by atoms with van der Waals surface area (Å²) in [7, 11) is 1.41. The number of aliphatic carboxylic acids is 1. The van der Waals surface area contributed by atoms with Crippen molar-refractivity contribution in [2.24, 2.45) is 0 Å². The van der Waals surface area contributed by atoms with E-state index in [1.807, 2.05) is 55.5 Å². The molecule has 2 aromatic carbocycles. The first-order valence-electron chi connectivity index (χ1n) is 11.0. The van der Waals surface area contributed by atoms with E-state index in [0.29, 0.717) is 6.42 Å². The molecule has 3 rings (SSSR count). The average molecular weight is 455 g/mol. The fourth-order valence-corrected chi connectivity index (χ4v) is 4.11. The highest BCUT2D eigenvalue weighted by Crippen LogP contribution is 2.44. The number of carboxylic acid groups (broad SMARTS) is 1. The molecule has 0 fully saturated rings. The molecular weight excluding hydrogens is 424 g/mol. The van der Waals surface area contributed by atoms with Gasteiger partial charge in [0.25, 0.3) is 0 Å². The molecule has 0 aromatic heterocycles. The topological polar surface area (TPSA) is 114 Å². The second-order valence-electron chi connectivity index (χ2n) is 8.08. The number of carbonyl (C=O) groups excluding carboxylic acids is 2. The van der Waals surface area contributed by atoms with E-state index in [0.717, 1.165) is 22.3 Å². The monoisotopic (exact) mass is 454 g/mol. The molecule has 2 aromatic rings. The molecule has 2 amide bonds. The lowest BCUT2D eigenvalue weighted by Gasteiger charge is -2.25. The summed E-state index contributed by atoms with van der Waals surface area (Å²) in [5.41, 5.74) is 4.39. The van der Waals surface area contributed by atoms with Gasteiger partial charge in [0.15, 0.2) is 0 Å². The molecule has 0 aliphatic heterocycles. The Hall–Kier alpha value is -3.39. The predicted octanol–water partition coefficient (Wildman–Crippen LogP) is 3.30. The molecule has 1 aliphatic carbocycles. The van der Waals surface area contributed by atoms with Gasteiger partial charge in [-0.2, -0.15) is 0 Å². The molecule has 0 spiro atoms. The van der Waals surface area contributed by atoms with E-state index in [2.05, 4.69) is 10.6 Å². The number of carboxylic acids is 1. The summed E-state index contributed by atoms with van der Waals surface area (Å²) in [6.07, 6.45) is -0.605. The Morgan fingerprint density at radius 2 is 1.58 bits per heavy atom. The van der Waals surface area contributed by atoms with Crippen LogP contribution in [0.1, 0.15) is 43.7 Å². The zero-order valence-electron chi connectivity index (χ0n) is 19.0. The van der Waals surface area contributed by atoms with Gasteiger partial charge in [-0.3, -0.25) is 4.79 Å². The van der Waals surface area contributed by atoms with Crippen molar-refractivity contribution >= 4 is 18.0 Å². The quantitative estimate of drug-likeness (QED) is 0.508. The van der Waals surface area contributed by atoms with Crippen molar-refractivity contribution in [3.05, 3.63) is 59.7 Å². The van der Waals surface area contributed by atoms with Crippen molar-refractivity contribution in [3.63, 3.8) is 0 Å². The maximum Gasteiger partial charge on any atom is 0.407 e. The van der Waals surface area contributed by atoms with Crippen LogP contribution in [0, 0.1) is 0 Å². The van der Waals surface area contributed by atoms with Crippen LogP contribution in [0.25, 0.3) is 11.1 Å². The van der Waals surface area contributed by atoms with Gasteiger partial charge in [0.2, 0.25) is 5.91 Å². The Morgan fingerprint density at radius 3 is 2.09 bits per heavy atom. The van der Waals surface area contributed by atoms with Gasteiger partial charge in [-0.05, 0) is 35.6 Å². The fourth-order valence-electron chi connectivity index (χ4n) is 4.11. The number of amides is 2. The first-order chi connectivity index (χ1) is 15.9. The van der Waals surface area contributed by atoms with Crippen LogP contribution >= 0.6 is 0 Å². The molecule has 0 saturated heterocycles. The maximum atomic E-state index is 12.7. The molecule has 1 aliphatic rings. The van der Waals surface area contributed by atoms with Gasteiger partial charge in [0.05, 0.1) is 6.10 Å². The van der Waals surface area contributed by atoms with Crippen LogP contribution in [0.3, 0.4) is 0 Å². The number of hydrogen-bond acceptors (Lipinski definition) is 5. The number of benzene rings is 2. The summed E-state index contributed by atoms with van der Waals surface area (Å²) in [5.74, 6) is -1.88. The number of rotatable bonds is 10. The first-order valence-corrected chi connectivity index (χ1v) is 11.0. The second kappa shape index (κ2) is 11.0. The van der Waals surface area contributed by atoms with Gasteiger partial charge in [0, 0.05) is 13.0 Å². The molecule has 0 heterocycles. The third-order valence-electron chi connectivity index (χ3n) is 5.93. The average Bonchev–Trinajstić information content (AvgIpc) is 3.14. The molecular formula is C25H30N2O6. The van der Waals surface area contributed by atoms with Crippen LogP contribution in [-0.4, -0.2) is 55.0 Å². The van der Waals surface area contributed by atoms with Gasteiger partial charge in [-0.15, -0.1) is 0 Å². The third-order valence-corrected chi connectivity index (χ3v) is 5.93. The van der Waals surface area contributed by atoms with E-state index >= 15 is 0 Å². The molecule has 0 saturated carbocycles. The highest BCUT2D eigenvalue weighted by molar-refractivity contribution is 5.89. The lowest BCUT2D eigenvalue weighted by molar-refractivity contribution is -0.142. The molecule has 8 nitrogen and oxygen atoms in total. The molecule has 8 heteroatoms. The molecule has 176 valence electrons. The Balaban J connectivity index is 1.68. The van der Waals surface area contributed by atoms with Crippen molar-refractivity contribution < 1.29 is 29.0 Å². The Labute approximate surface area is 193 Å². The number of nitrogens with one attached hydrogen (secondary N) is 2. The zero-order chi connectivity index (χ0) is 24.0.